The molecule has 0 radical (unpaired) electrons. The van der Waals surface area contributed by atoms with E-state index < -0.39 is 6.03 Å². The van der Waals surface area contributed by atoms with Gasteiger partial charge in [-0.25, -0.2) is 4.79 Å². The van der Waals surface area contributed by atoms with E-state index >= 15 is 0 Å². The smallest absolute Gasteiger partial charge is 0.326 e. The number of fused-ring (bicyclic) bond motifs is 1. The summed E-state index contributed by atoms with van der Waals surface area (Å²) in [6.45, 7) is 2.43. The van der Waals surface area contributed by atoms with Gasteiger partial charge in [-0.2, -0.15) is 0 Å². The lowest BCUT2D eigenvalue weighted by Gasteiger charge is -2.35. The van der Waals surface area contributed by atoms with Gasteiger partial charge in [0.25, 0.3) is 0 Å². The number of hydrogen-bond donors (Lipinski definition) is 2. The molecule has 4 amide bonds. The van der Waals surface area contributed by atoms with Crippen LogP contribution in [0.5, 0.6) is 5.75 Å². The molecule has 1 aromatic heterocycles. The van der Waals surface area contributed by atoms with E-state index in [1.54, 1.807) is 67.0 Å². The van der Waals surface area contributed by atoms with Gasteiger partial charge in [0.05, 0.1) is 18.0 Å². The highest BCUT2D eigenvalue weighted by Gasteiger charge is 2.33. The summed E-state index contributed by atoms with van der Waals surface area (Å²) in [5.74, 6) is 0.0489. The molecule has 174 valence electrons. The molecular weight excluding hydrogens is 434 g/mol. The Morgan fingerprint density at radius 2 is 1.79 bits per heavy atom. The molecule has 0 fully saturated rings. The summed E-state index contributed by atoms with van der Waals surface area (Å²) in [5, 5.41) is 5.61. The van der Waals surface area contributed by atoms with Gasteiger partial charge in [-0.15, -0.1) is 0 Å². The Morgan fingerprint density at radius 3 is 2.50 bits per heavy atom. The fraction of sp³-hybridized carbons (Fsp3) is 0.200. The molecule has 2 N–H and O–H groups in total. The Balaban J connectivity index is 1.45. The predicted molar refractivity (Wildman–Crippen MR) is 129 cm³/mol. The molecule has 0 saturated heterocycles. The van der Waals surface area contributed by atoms with E-state index in [0.717, 1.165) is 5.56 Å². The van der Waals surface area contributed by atoms with Crippen molar-refractivity contribution < 1.29 is 19.1 Å². The molecule has 2 heterocycles. The zero-order valence-corrected chi connectivity index (χ0v) is 18.7. The third kappa shape index (κ3) is 5.32. The van der Waals surface area contributed by atoms with E-state index in [4.69, 9.17) is 4.74 Å². The van der Waals surface area contributed by atoms with Crippen molar-refractivity contribution in [2.24, 2.45) is 0 Å². The fourth-order valence-electron chi connectivity index (χ4n) is 3.61. The van der Waals surface area contributed by atoms with Gasteiger partial charge in [-0.05, 0) is 55.0 Å². The minimum Gasteiger partial charge on any atom is -0.494 e. The molecule has 1 aliphatic rings. The summed E-state index contributed by atoms with van der Waals surface area (Å²) >= 11 is 0. The number of benzene rings is 2. The summed E-state index contributed by atoms with van der Waals surface area (Å²) in [6.07, 6.45) is 3.33. The van der Waals surface area contributed by atoms with E-state index in [9.17, 15) is 14.4 Å². The fourth-order valence-corrected chi connectivity index (χ4v) is 3.61. The molecular formula is C25H25N5O4. The number of anilines is 3. The van der Waals surface area contributed by atoms with Crippen LogP contribution in [-0.4, -0.2) is 42.5 Å². The molecule has 9 heteroatoms. The standard InChI is InChI=1S/C25H25N5O4/c1-2-34-20-11-9-19(10-12-20)28-25(33)30-17-24(32)29(21-7-3-4-8-22(21)30)16-23(31)27-15-18-6-5-13-26-14-18/h3-14H,2,15-17H2,1H3,(H,27,31)(H,28,33). The minimum atomic E-state index is -0.439. The number of ether oxygens (including phenoxy) is 1. The molecule has 9 nitrogen and oxygen atoms in total. The largest absolute Gasteiger partial charge is 0.494 e. The summed E-state index contributed by atoms with van der Waals surface area (Å²) in [5.41, 5.74) is 2.48. The summed E-state index contributed by atoms with van der Waals surface area (Å²) in [7, 11) is 0. The Morgan fingerprint density at radius 1 is 1.03 bits per heavy atom. The van der Waals surface area contributed by atoms with Crippen molar-refractivity contribution in [3.05, 3.63) is 78.6 Å². The van der Waals surface area contributed by atoms with Gasteiger partial charge in [0.1, 0.15) is 18.8 Å². The van der Waals surface area contributed by atoms with Crippen LogP contribution in [0.15, 0.2) is 73.1 Å². The maximum absolute atomic E-state index is 13.0. The van der Waals surface area contributed by atoms with E-state index in [1.807, 2.05) is 13.0 Å². The van der Waals surface area contributed by atoms with Crippen molar-refractivity contribution >= 4 is 34.9 Å². The Hall–Kier alpha value is -4.40. The molecule has 0 aliphatic carbocycles. The number of nitrogens with zero attached hydrogens (tertiary/aromatic N) is 3. The second-order valence-corrected chi connectivity index (χ2v) is 7.58. The summed E-state index contributed by atoms with van der Waals surface area (Å²) in [4.78, 5) is 45.3. The molecule has 4 rings (SSSR count). The second kappa shape index (κ2) is 10.5. The predicted octanol–water partition coefficient (Wildman–Crippen LogP) is 3.18. The van der Waals surface area contributed by atoms with Gasteiger partial charge in [0.2, 0.25) is 11.8 Å². The van der Waals surface area contributed by atoms with Gasteiger partial charge in [0, 0.05) is 24.6 Å². The maximum Gasteiger partial charge on any atom is 0.326 e. The zero-order valence-electron chi connectivity index (χ0n) is 18.7. The normalized spacial score (nSPS) is 12.7. The van der Waals surface area contributed by atoms with E-state index in [-0.39, 0.29) is 24.9 Å². The third-order valence-electron chi connectivity index (χ3n) is 5.23. The van der Waals surface area contributed by atoms with Crippen LogP contribution in [0.3, 0.4) is 0 Å². The topological polar surface area (TPSA) is 104 Å². The van der Waals surface area contributed by atoms with Crippen LogP contribution < -0.4 is 25.2 Å². The van der Waals surface area contributed by atoms with E-state index in [1.165, 1.54) is 9.80 Å². The van der Waals surface area contributed by atoms with E-state index in [0.29, 0.717) is 36.0 Å². The van der Waals surface area contributed by atoms with E-state index in [2.05, 4.69) is 15.6 Å². The lowest BCUT2D eigenvalue weighted by atomic mass is 10.1. The molecule has 2 aromatic carbocycles. The Labute approximate surface area is 197 Å². The van der Waals surface area contributed by atoms with Gasteiger partial charge >= 0.3 is 6.03 Å². The number of urea groups is 1. The lowest BCUT2D eigenvalue weighted by molar-refractivity contribution is -0.123. The van der Waals surface area contributed by atoms with Crippen LogP contribution in [0.1, 0.15) is 12.5 Å². The van der Waals surface area contributed by atoms with Crippen molar-refractivity contribution in [3.8, 4) is 5.75 Å². The van der Waals surface area contributed by atoms with Crippen LogP contribution in [0.25, 0.3) is 0 Å². The van der Waals surface area contributed by atoms with Crippen molar-refractivity contribution in [2.45, 2.75) is 13.5 Å². The molecule has 0 atom stereocenters. The number of nitrogens with one attached hydrogen (secondary N) is 2. The molecule has 0 saturated carbocycles. The Bertz CT molecular complexity index is 1170. The number of hydrogen-bond acceptors (Lipinski definition) is 5. The minimum absolute atomic E-state index is 0.148. The molecule has 3 aromatic rings. The second-order valence-electron chi connectivity index (χ2n) is 7.58. The number of carbonyl (C=O) groups is 3. The number of carbonyl (C=O) groups excluding carboxylic acids is 3. The first kappa shape index (κ1) is 22.8. The SMILES string of the molecule is CCOc1ccc(NC(=O)N2CC(=O)N(CC(=O)NCc3cccnc3)c3ccccc32)cc1. The van der Waals surface area contributed by atoms with Crippen LogP contribution in [0.4, 0.5) is 21.9 Å². The van der Waals surface area contributed by atoms with Crippen LogP contribution in [0.2, 0.25) is 0 Å². The number of rotatable bonds is 7. The van der Waals surface area contributed by atoms with Crippen LogP contribution in [-0.2, 0) is 16.1 Å². The molecule has 0 unspecified atom stereocenters. The van der Waals surface area contributed by atoms with Gasteiger partial charge < -0.3 is 15.4 Å². The van der Waals surface area contributed by atoms with Gasteiger partial charge in [-0.3, -0.25) is 24.4 Å². The molecule has 34 heavy (non-hydrogen) atoms. The number of para-hydroxylation sites is 2. The van der Waals surface area contributed by atoms with Crippen molar-refractivity contribution in [1.82, 2.24) is 10.3 Å². The summed E-state index contributed by atoms with van der Waals surface area (Å²) in [6, 6.07) is 17.2. The van der Waals surface area contributed by atoms with Crippen LogP contribution in [0, 0.1) is 0 Å². The van der Waals surface area contributed by atoms with Crippen molar-refractivity contribution in [3.63, 3.8) is 0 Å². The molecule has 0 bridgehead atoms. The number of aromatic nitrogens is 1. The highest BCUT2D eigenvalue weighted by molar-refractivity contribution is 6.15. The Kier molecular flexibility index (Phi) is 7.02. The highest BCUT2D eigenvalue weighted by Crippen LogP contribution is 2.33. The number of pyridine rings is 1. The first-order valence-corrected chi connectivity index (χ1v) is 10.9. The third-order valence-corrected chi connectivity index (χ3v) is 5.23. The maximum atomic E-state index is 13.0. The monoisotopic (exact) mass is 459 g/mol. The quantitative estimate of drug-likeness (QED) is 0.565. The van der Waals surface area contributed by atoms with Crippen LogP contribution >= 0.6 is 0 Å². The number of amides is 4. The van der Waals surface area contributed by atoms with Gasteiger partial charge in [-0.1, -0.05) is 18.2 Å². The van der Waals surface area contributed by atoms with Gasteiger partial charge in [0.15, 0.2) is 0 Å². The first-order chi connectivity index (χ1) is 16.5. The van der Waals surface area contributed by atoms with Crippen molar-refractivity contribution in [2.75, 3.05) is 34.8 Å². The van der Waals surface area contributed by atoms with Crippen molar-refractivity contribution in [1.29, 1.82) is 0 Å². The highest BCUT2D eigenvalue weighted by atomic mass is 16.5. The lowest BCUT2D eigenvalue weighted by Crippen LogP contribution is -2.51. The average Bonchev–Trinajstić information content (AvgIpc) is 2.86. The molecule has 0 spiro atoms. The summed E-state index contributed by atoms with van der Waals surface area (Å²) < 4.78 is 5.42. The zero-order chi connectivity index (χ0) is 23.9. The first-order valence-electron chi connectivity index (χ1n) is 10.9. The molecule has 1 aliphatic heterocycles. The average molecular weight is 460 g/mol.